The highest BCUT2D eigenvalue weighted by molar-refractivity contribution is 9.11. The van der Waals surface area contributed by atoms with E-state index in [-0.39, 0.29) is 23.3 Å². The van der Waals surface area contributed by atoms with Gasteiger partial charge in [0.1, 0.15) is 0 Å². The Labute approximate surface area is 130 Å². The standard InChI is InChI=1S/C10H12Br2N2O2S.ClH/c11-7-1-2-9(12)10(5-7)17(15,16)14-4-3-8(13)6-14;/h1-2,5,8H,3-4,6,13H2;1H. The second-order valence-corrected chi connectivity index (χ2v) is 7.66. The smallest absolute Gasteiger partial charge is 0.244 e. The average molecular weight is 421 g/mol. The molecule has 0 aliphatic carbocycles. The zero-order valence-electron chi connectivity index (χ0n) is 9.34. The second kappa shape index (κ2) is 6.19. The maximum Gasteiger partial charge on any atom is 0.244 e. The third-order valence-corrected chi connectivity index (χ3v) is 6.05. The van der Waals surface area contributed by atoms with Gasteiger partial charge >= 0.3 is 0 Å². The summed E-state index contributed by atoms with van der Waals surface area (Å²) in [5.74, 6) is 0. The summed E-state index contributed by atoms with van der Waals surface area (Å²) in [6, 6.07) is 5.05. The van der Waals surface area contributed by atoms with Gasteiger partial charge in [0.15, 0.2) is 0 Å². The number of hydrogen-bond acceptors (Lipinski definition) is 3. The van der Waals surface area contributed by atoms with Gasteiger partial charge in [-0.05, 0) is 40.5 Å². The van der Waals surface area contributed by atoms with Crippen molar-refractivity contribution in [3.05, 3.63) is 27.1 Å². The predicted octanol–water partition coefficient (Wildman–Crippen LogP) is 2.36. The molecular weight excluding hydrogens is 407 g/mol. The van der Waals surface area contributed by atoms with Crippen LogP contribution in [0.5, 0.6) is 0 Å². The number of rotatable bonds is 2. The molecule has 1 aromatic rings. The Hall–Kier alpha value is 0.340. The molecule has 1 fully saturated rings. The van der Waals surface area contributed by atoms with Crippen molar-refractivity contribution in [3.63, 3.8) is 0 Å². The molecule has 0 saturated carbocycles. The molecular formula is C10H13Br2ClN2O2S. The van der Waals surface area contributed by atoms with Crippen LogP contribution in [-0.2, 0) is 10.0 Å². The van der Waals surface area contributed by atoms with E-state index < -0.39 is 10.0 Å². The highest BCUT2D eigenvalue weighted by atomic mass is 79.9. The van der Waals surface area contributed by atoms with Crippen molar-refractivity contribution in [1.82, 2.24) is 4.31 Å². The molecule has 102 valence electrons. The fraction of sp³-hybridized carbons (Fsp3) is 0.400. The summed E-state index contributed by atoms with van der Waals surface area (Å²) in [4.78, 5) is 0.279. The summed E-state index contributed by atoms with van der Waals surface area (Å²) < 4.78 is 27.5. The van der Waals surface area contributed by atoms with Crippen LogP contribution in [0.2, 0.25) is 0 Å². The Morgan fingerprint density at radius 3 is 2.56 bits per heavy atom. The van der Waals surface area contributed by atoms with Gasteiger partial charge in [0.2, 0.25) is 10.0 Å². The monoisotopic (exact) mass is 418 g/mol. The van der Waals surface area contributed by atoms with E-state index in [0.717, 1.165) is 4.47 Å². The Balaban J connectivity index is 0.00000162. The zero-order chi connectivity index (χ0) is 12.6. The molecule has 0 amide bonds. The summed E-state index contributed by atoms with van der Waals surface area (Å²) in [7, 11) is -3.45. The van der Waals surface area contributed by atoms with Crippen LogP contribution < -0.4 is 5.73 Å². The number of halogens is 3. The van der Waals surface area contributed by atoms with E-state index in [1.807, 2.05) is 0 Å². The maximum absolute atomic E-state index is 12.4. The topological polar surface area (TPSA) is 63.4 Å². The van der Waals surface area contributed by atoms with Crippen molar-refractivity contribution in [3.8, 4) is 0 Å². The van der Waals surface area contributed by atoms with Crippen LogP contribution in [0.25, 0.3) is 0 Å². The quantitative estimate of drug-likeness (QED) is 0.799. The first-order valence-electron chi connectivity index (χ1n) is 5.12. The number of nitrogens with two attached hydrogens (primary N) is 1. The minimum Gasteiger partial charge on any atom is -0.326 e. The molecule has 0 radical (unpaired) electrons. The molecule has 1 aromatic carbocycles. The van der Waals surface area contributed by atoms with Crippen LogP contribution in [0.1, 0.15) is 6.42 Å². The minimum absolute atomic E-state index is 0. The molecule has 4 nitrogen and oxygen atoms in total. The molecule has 0 spiro atoms. The highest BCUT2D eigenvalue weighted by Gasteiger charge is 2.32. The van der Waals surface area contributed by atoms with E-state index in [9.17, 15) is 8.42 Å². The van der Waals surface area contributed by atoms with Gasteiger partial charge in [-0.15, -0.1) is 12.4 Å². The Morgan fingerprint density at radius 2 is 2.00 bits per heavy atom. The summed E-state index contributed by atoms with van der Waals surface area (Å²) in [6.45, 7) is 0.879. The third-order valence-electron chi connectivity index (χ3n) is 2.70. The van der Waals surface area contributed by atoms with Gasteiger partial charge in [-0.3, -0.25) is 0 Å². The van der Waals surface area contributed by atoms with Crippen molar-refractivity contribution >= 4 is 54.3 Å². The van der Waals surface area contributed by atoms with Gasteiger partial charge < -0.3 is 5.73 Å². The molecule has 1 aliphatic heterocycles. The molecule has 18 heavy (non-hydrogen) atoms. The van der Waals surface area contributed by atoms with Crippen LogP contribution >= 0.6 is 44.3 Å². The predicted molar refractivity (Wildman–Crippen MR) is 80.4 cm³/mol. The molecule has 1 aliphatic rings. The Morgan fingerprint density at radius 1 is 1.33 bits per heavy atom. The van der Waals surface area contributed by atoms with Crippen molar-refractivity contribution in [1.29, 1.82) is 0 Å². The summed E-state index contributed by atoms with van der Waals surface area (Å²) in [5, 5.41) is 0. The third kappa shape index (κ3) is 3.26. The number of hydrogen-bond donors (Lipinski definition) is 1. The molecule has 1 saturated heterocycles. The molecule has 0 aromatic heterocycles. The van der Waals surface area contributed by atoms with Crippen LogP contribution in [0.15, 0.2) is 32.0 Å². The van der Waals surface area contributed by atoms with Crippen LogP contribution in [0, 0.1) is 0 Å². The fourth-order valence-electron chi connectivity index (χ4n) is 1.79. The second-order valence-electron chi connectivity index (χ2n) is 3.99. The van der Waals surface area contributed by atoms with Crippen LogP contribution in [0.3, 0.4) is 0 Å². The molecule has 8 heteroatoms. The number of benzene rings is 1. The van der Waals surface area contributed by atoms with Gasteiger partial charge in [-0.2, -0.15) is 4.31 Å². The van der Waals surface area contributed by atoms with Gasteiger partial charge in [0, 0.05) is 28.1 Å². The molecule has 1 unspecified atom stereocenters. The average Bonchev–Trinajstić information content (AvgIpc) is 2.69. The van der Waals surface area contributed by atoms with Crippen LogP contribution in [-0.4, -0.2) is 31.9 Å². The first-order valence-corrected chi connectivity index (χ1v) is 8.14. The van der Waals surface area contributed by atoms with E-state index in [2.05, 4.69) is 31.9 Å². The lowest BCUT2D eigenvalue weighted by Gasteiger charge is -2.17. The number of nitrogens with zero attached hydrogens (tertiary/aromatic N) is 1. The normalized spacial score (nSPS) is 20.7. The lowest BCUT2D eigenvalue weighted by Crippen LogP contribution is -2.32. The lowest BCUT2D eigenvalue weighted by molar-refractivity contribution is 0.472. The van der Waals surface area contributed by atoms with Gasteiger partial charge in [-0.25, -0.2) is 8.42 Å². The summed E-state index contributed by atoms with van der Waals surface area (Å²) >= 11 is 6.55. The lowest BCUT2D eigenvalue weighted by atomic mass is 10.3. The molecule has 2 N–H and O–H groups in total. The highest BCUT2D eigenvalue weighted by Crippen LogP contribution is 2.29. The fourth-order valence-corrected chi connectivity index (χ4v) is 4.76. The zero-order valence-corrected chi connectivity index (χ0v) is 14.1. The van der Waals surface area contributed by atoms with Crippen molar-refractivity contribution < 1.29 is 8.42 Å². The molecule has 1 heterocycles. The van der Waals surface area contributed by atoms with E-state index >= 15 is 0 Å². The summed E-state index contributed by atoms with van der Waals surface area (Å²) in [6.07, 6.45) is 0.713. The van der Waals surface area contributed by atoms with Crippen LogP contribution in [0.4, 0.5) is 0 Å². The van der Waals surface area contributed by atoms with Gasteiger partial charge in [0.05, 0.1) is 4.90 Å². The van der Waals surface area contributed by atoms with E-state index in [0.29, 0.717) is 24.0 Å². The molecule has 0 bridgehead atoms. The van der Waals surface area contributed by atoms with Crippen molar-refractivity contribution in [2.75, 3.05) is 13.1 Å². The van der Waals surface area contributed by atoms with E-state index in [1.165, 1.54) is 4.31 Å². The largest absolute Gasteiger partial charge is 0.326 e. The van der Waals surface area contributed by atoms with Crippen molar-refractivity contribution in [2.45, 2.75) is 17.4 Å². The SMILES string of the molecule is Cl.NC1CCN(S(=O)(=O)c2cc(Br)ccc2Br)C1. The Kier molecular flexibility index (Phi) is 5.64. The molecule has 1 atom stereocenters. The minimum atomic E-state index is -3.45. The Bertz CT molecular complexity index is 539. The molecule has 2 rings (SSSR count). The number of sulfonamides is 1. The summed E-state index contributed by atoms with van der Waals surface area (Å²) in [5.41, 5.74) is 5.74. The first kappa shape index (κ1) is 16.4. The van der Waals surface area contributed by atoms with Crippen molar-refractivity contribution in [2.24, 2.45) is 5.73 Å². The van der Waals surface area contributed by atoms with E-state index in [4.69, 9.17) is 5.73 Å². The van der Waals surface area contributed by atoms with E-state index in [1.54, 1.807) is 18.2 Å². The first-order chi connectivity index (χ1) is 7.91. The van der Waals surface area contributed by atoms with Gasteiger partial charge in [-0.1, -0.05) is 15.9 Å². The van der Waals surface area contributed by atoms with Gasteiger partial charge in [0.25, 0.3) is 0 Å². The maximum atomic E-state index is 12.4.